The van der Waals surface area contributed by atoms with Gasteiger partial charge in [-0.2, -0.15) is 0 Å². The topological polar surface area (TPSA) is 50.4 Å². The van der Waals surface area contributed by atoms with Crippen LogP contribution in [0.3, 0.4) is 0 Å². The van der Waals surface area contributed by atoms with Gasteiger partial charge in [0, 0.05) is 32.3 Å². The number of rotatable bonds is 8. The lowest BCUT2D eigenvalue weighted by Gasteiger charge is -2.07. The minimum atomic E-state index is -0.0147. The summed E-state index contributed by atoms with van der Waals surface area (Å²) in [4.78, 5) is 13.1. The van der Waals surface area contributed by atoms with Gasteiger partial charge in [-0.15, -0.1) is 11.3 Å². The van der Waals surface area contributed by atoms with Gasteiger partial charge in [0.2, 0.25) is 0 Å². The molecule has 5 heteroatoms. The van der Waals surface area contributed by atoms with Crippen LogP contribution < -0.4 is 10.6 Å². The number of amides is 1. The van der Waals surface area contributed by atoms with Crippen LogP contribution in [0.2, 0.25) is 0 Å². The van der Waals surface area contributed by atoms with Crippen molar-refractivity contribution in [3.05, 3.63) is 46.2 Å². The summed E-state index contributed by atoms with van der Waals surface area (Å²) in [5.74, 6) is -0.0147. The molecule has 118 valence electrons. The van der Waals surface area contributed by atoms with Gasteiger partial charge in [-0.25, -0.2) is 0 Å². The molecule has 0 saturated heterocycles. The summed E-state index contributed by atoms with van der Waals surface area (Å²) in [6.07, 6.45) is 0. The van der Waals surface area contributed by atoms with Crippen molar-refractivity contribution in [2.75, 3.05) is 33.4 Å². The van der Waals surface area contributed by atoms with Crippen LogP contribution in [0.5, 0.6) is 0 Å². The Hall–Kier alpha value is -1.69. The molecule has 0 aliphatic rings. The number of aryl methyl sites for hydroxylation is 1. The fraction of sp³-hybridized carbons (Fsp3) is 0.353. The van der Waals surface area contributed by atoms with Crippen LogP contribution in [0, 0.1) is 6.92 Å². The van der Waals surface area contributed by atoms with Gasteiger partial charge in [-0.1, -0.05) is 29.8 Å². The Morgan fingerprint density at radius 2 is 1.91 bits per heavy atom. The van der Waals surface area contributed by atoms with Crippen LogP contribution in [0.15, 0.2) is 35.7 Å². The molecule has 2 N–H and O–H groups in total. The van der Waals surface area contributed by atoms with E-state index in [1.165, 1.54) is 16.9 Å². The Balaban J connectivity index is 1.91. The highest BCUT2D eigenvalue weighted by atomic mass is 32.1. The van der Waals surface area contributed by atoms with Crippen LogP contribution >= 0.6 is 11.3 Å². The Morgan fingerprint density at radius 3 is 2.64 bits per heavy atom. The van der Waals surface area contributed by atoms with Crippen molar-refractivity contribution in [1.29, 1.82) is 0 Å². The van der Waals surface area contributed by atoms with E-state index in [4.69, 9.17) is 4.74 Å². The van der Waals surface area contributed by atoms with E-state index in [9.17, 15) is 4.79 Å². The number of methoxy groups -OCH3 is 1. The molecule has 0 spiro atoms. The number of carbonyl (C=O) groups is 1. The first-order valence-corrected chi connectivity index (χ1v) is 8.22. The molecule has 0 unspecified atom stereocenters. The SMILES string of the molecule is COCCNCCNC(=O)c1sccc1-c1ccc(C)cc1. The molecule has 1 aromatic carbocycles. The van der Waals surface area contributed by atoms with E-state index in [0.29, 0.717) is 13.2 Å². The normalized spacial score (nSPS) is 10.6. The lowest BCUT2D eigenvalue weighted by atomic mass is 10.0. The fourth-order valence-corrected chi connectivity index (χ4v) is 2.92. The van der Waals surface area contributed by atoms with E-state index in [0.717, 1.165) is 29.1 Å². The molecule has 1 amide bonds. The molecular weight excluding hydrogens is 296 g/mol. The van der Waals surface area contributed by atoms with E-state index < -0.39 is 0 Å². The van der Waals surface area contributed by atoms with Gasteiger partial charge < -0.3 is 15.4 Å². The summed E-state index contributed by atoms with van der Waals surface area (Å²) in [7, 11) is 1.67. The van der Waals surface area contributed by atoms with Crippen LogP contribution in [0.25, 0.3) is 11.1 Å². The van der Waals surface area contributed by atoms with Crippen molar-refractivity contribution in [1.82, 2.24) is 10.6 Å². The minimum absolute atomic E-state index is 0.0147. The van der Waals surface area contributed by atoms with Gasteiger partial charge in [0.1, 0.15) is 0 Å². The number of thiophene rings is 1. The lowest BCUT2D eigenvalue weighted by molar-refractivity contribution is 0.0958. The smallest absolute Gasteiger partial charge is 0.262 e. The molecule has 1 aromatic heterocycles. The van der Waals surface area contributed by atoms with E-state index in [-0.39, 0.29) is 5.91 Å². The molecule has 0 aliphatic carbocycles. The summed E-state index contributed by atoms with van der Waals surface area (Å²) in [6.45, 7) is 4.87. The van der Waals surface area contributed by atoms with Crippen molar-refractivity contribution >= 4 is 17.2 Å². The van der Waals surface area contributed by atoms with Gasteiger partial charge in [0.05, 0.1) is 11.5 Å². The monoisotopic (exact) mass is 318 g/mol. The van der Waals surface area contributed by atoms with Crippen molar-refractivity contribution in [2.24, 2.45) is 0 Å². The largest absolute Gasteiger partial charge is 0.383 e. The van der Waals surface area contributed by atoms with Crippen molar-refractivity contribution in [3.8, 4) is 11.1 Å². The highest BCUT2D eigenvalue weighted by Gasteiger charge is 2.13. The zero-order valence-corrected chi connectivity index (χ0v) is 13.8. The number of benzene rings is 1. The van der Waals surface area contributed by atoms with Gasteiger partial charge in [-0.05, 0) is 23.9 Å². The van der Waals surface area contributed by atoms with Crippen LogP contribution in [0.1, 0.15) is 15.2 Å². The molecule has 1 heterocycles. The molecule has 22 heavy (non-hydrogen) atoms. The Morgan fingerprint density at radius 1 is 1.14 bits per heavy atom. The minimum Gasteiger partial charge on any atom is -0.383 e. The van der Waals surface area contributed by atoms with E-state index >= 15 is 0 Å². The van der Waals surface area contributed by atoms with Crippen LogP contribution in [-0.4, -0.2) is 39.3 Å². The molecular formula is C17H22N2O2S. The zero-order chi connectivity index (χ0) is 15.8. The molecule has 2 aromatic rings. The first-order valence-electron chi connectivity index (χ1n) is 7.34. The Bertz CT molecular complexity index is 593. The number of hydrogen-bond donors (Lipinski definition) is 2. The first kappa shape index (κ1) is 16.7. The zero-order valence-electron chi connectivity index (χ0n) is 13.0. The average Bonchev–Trinajstić information content (AvgIpc) is 3.01. The van der Waals surface area contributed by atoms with E-state index in [1.807, 2.05) is 11.4 Å². The molecule has 2 rings (SSSR count). The standard InChI is InChI=1S/C17H22N2O2S/c1-13-3-5-14(6-4-13)15-7-12-22-16(15)17(20)19-9-8-18-10-11-21-2/h3-7,12,18H,8-11H2,1-2H3,(H,19,20). The fourth-order valence-electron chi connectivity index (χ4n) is 2.09. The van der Waals surface area contributed by atoms with Gasteiger partial charge >= 0.3 is 0 Å². The number of ether oxygens (including phenoxy) is 1. The maximum Gasteiger partial charge on any atom is 0.262 e. The summed E-state index contributed by atoms with van der Waals surface area (Å²) < 4.78 is 4.95. The summed E-state index contributed by atoms with van der Waals surface area (Å²) >= 11 is 1.48. The van der Waals surface area contributed by atoms with Crippen LogP contribution in [0.4, 0.5) is 0 Å². The molecule has 4 nitrogen and oxygen atoms in total. The molecule has 0 radical (unpaired) electrons. The predicted octanol–water partition coefficient (Wildman–Crippen LogP) is 2.69. The third-order valence-electron chi connectivity index (χ3n) is 3.30. The molecule has 0 aliphatic heterocycles. The van der Waals surface area contributed by atoms with Crippen molar-refractivity contribution in [3.63, 3.8) is 0 Å². The highest BCUT2D eigenvalue weighted by Crippen LogP contribution is 2.28. The lowest BCUT2D eigenvalue weighted by Crippen LogP contribution is -2.32. The quantitative estimate of drug-likeness (QED) is 0.736. The highest BCUT2D eigenvalue weighted by molar-refractivity contribution is 7.12. The second-order valence-electron chi connectivity index (χ2n) is 5.03. The van der Waals surface area contributed by atoms with Crippen molar-refractivity contribution < 1.29 is 9.53 Å². The molecule has 0 bridgehead atoms. The molecule has 0 saturated carbocycles. The van der Waals surface area contributed by atoms with Gasteiger partial charge in [0.25, 0.3) is 5.91 Å². The summed E-state index contributed by atoms with van der Waals surface area (Å²) in [5.41, 5.74) is 3.29. The van der Waals surface area contributed by atoms with Gasteiger partial charge in [-0.3, -0.25) is 4.79 Å². The third-order valence-corrected chi connectivity index (χ3v) is 4.22. The average molecular weight is 318 g/mol. The number of carbonyl (C=O) groups excluding carboxylic acids is 1. The second-order valence-corrected chi connectivity index (χ2v) is 5.94. The number of nitrogens with one attached hydrogen (secondary N) is 2. The van der Waals surface area contributed by atoms with E-state index in [2.05, 4.69) is 41.8 Å². The first-order chi connectivity index (χ1) is 10.7. The van der Waals surface area contributed by atoms with Gasteiger partial charge in [0.15, 0.2) is 0 Å². The maximum absolute atomic E-state index is 12.3. The number of hydrogen-bond acceptors (Lipinski definition) is 4. The summed E-state index contributed by atoms with van der Waals surface area (Å²) in [6, 6.07) is 10.2. The maximum atomic E-state index is 12.3. The Kier molecular flexibility index (Phi) is 6.58. The molecule has 0 fully saturated rings. The predicted molar refractivity (Wildman–Crippen MR) is 91.6 cm³/mol. The third kappa shape index (κ3) is 4.66. The Labute approximate surface area is 135 Å². The second kappa shape index (κ2) is 8.68. The molecule has 0 atom stereocenters. The van der Waals surface area contributed by atoms with E-state index in [1.54, 1.807) is 7.11 Å². The van der Waals surface area contributed by atoms with Crippen LogP contribution in [-0.2, 0) is 4.74 Å². The summed E-state index contributed by atoms with van der Waals surface area (Å²) in [5, 5.41) is 8.11. The van der Waals surface area contributed by atoms with Crippen molar-refractivity contribution in [2.45, 2.75) is 6.92 Å².